The first kappa shape index (κ1) is 15.4. The molecule has 1 aromatic carbocycles. The van der Waals surface area contributed by atoms with Crippen LogP contribution < -0.4 is 10.1 Å². The summed E-state index contributed by atoms with van der Waals surface area (Å²) in [6.45, 7) is 3.97. The van der Waals surface area contributed by atoms with Crippen molar-refractivity contribution in [2.24, 2.45) is 0 Å². The zero-order valence-electron chi connectivity index (χ0n) is 12.7. The van der Waals surface area contributed by atoms with Gasteiger partial charge in [0.1, 0.15) is 5.75 Å². The van der Waals surface area contributed by atoms with Gasteiger partial charge < -0.3 is 15.0 Å². The number of anilines is 1. The standard InChI is InChI=1S/C16H23N3O2/c1-18(10-3-4-11-19-12-5-13-19)16(20)17-14-6-8-15(21-2)9-7-14/h3-4,6-9H,5,10-13H2,1-2H3,(H,17,20)/b4-3-. The fraction of sp³-hybridized carbons (Fsp3) is 0.438. The summed E-state index contributed by atoms with van der Waals surface area (Å²) in [7, 11) is 3.40. The Bertz CT molecular complexity index is 481. The maximum atomic E-state index is 12.0. The van der Waals surface area contributed by atoms with E-state index in [9.17, 15) is 4.79 Å². The van der Waals surface area contributed by atoms with Gasteiger partial charge in [-0.25, -0.2) is 4.79 Å². The lowest BCUT2D eigenvalue weighted by Crippen LogP contribution is -2.37. The number of carbonyl (C=O) groups is 1. The third-order valence-corrected chi connectivity index (χ3v) is 3.55. The summed E-state index contributed by atoms with van der Waals surface area (Å²) in [5.74, 6) is 0.773. The number of nitrogens with one attached hydrogen (secondary N) is 1. The van der Waals surface area contributed by atoms with Crippen molar-refractivity contribution >= 4 is 11.7 Å². The van der Waals surface area contributed by atoms with Crippen LogP contribution in [-0.2, 0) is 0 Å². The van der Waals surface area contributed by atoms with Gasteiger partial charge in [0.2, 0.25) is 0 Å². The molecule has 1 N–H and O–H groups in total. The largest absolute Gasteiger partial charge is 0.497 e. The molecule has 0 radical (unpaired) electrons. The van der Waals surface area contributed by atoms with Crippen molar-refractivity contribution in [1.29, 1.82) is 0 Å². The van der Waals surface area contributed by atoms with Crippen LogP contribution in [-0.4, -0.2) is 56.2 Å². The topological polar surface area (TPSA) is 44.8 Å². The molecule has 21 heavy (non-hydrogen) atoms. The number of amides is 2. The molecule has 2 rings (SSSR count). The SMILES string of the molecule is COc1ccc(NC(=O)N(C)C/C=C\CN2CCC2)cc1. The average molecular weight is 289 g/mol. The molecule has 0 saturated carbocycles. The van der Waals surface area contributed by atoms with Crippen molar-refractivity contribution in [2.45, 2.75) is 6.42 Å². The van der Waals surface area contributed by atoms with Crippen LogP contribution in [0.3, 0.4) is 0 Å². The van der Waals surface area contributed by atoms with Crippen LogP contribution >= 0.6 is 0 Å². The Balaban J connectivity index is 1.72. The van der Waals surface area contributed by atoms with Crippen molar-refractivity contribution in [1.82, 2.24) is 9.80 Å². The van der Waals surface area contributed by atoms with Crippen LogP contribution in [0.1, 0.15) is 6.42 Å². The molecule has 2 amide bonds. The minimum atomic E-state index is -0.117. The van der Waals surface area contributed by atoms with Gasteiger partial charge in [-0.3, -0.25) is 4.90 Å². The second-order valence-electron chi connectivity index (χ2n) is 5.16. The first-order valence-corrected chi connectivity index (χ1v) is 7.22. The summed E-state index contributed by atoms with van der Waals surface area (Å²) in [6, 6.07) is 7.17. The number of likely N-dealkylation sites (tertiary alicyclic amines) is 1. The molecule has 1 saturated heterocycles. The highest BCUT2D eigenvalue weighted by molar-refractivity contribution is 5.89. The number of urea groups is 1. The number of ether oxygens (including phenoxy) is 1. The Morgan fingerprint density at radius 3 is 2.62 bits per heavy atom. The molecule has 1 aliphatic heterocycles. The van der Waals surface area contributed by atoms with E-state index in [1.54, 1.807) is 19.1 Å². The van der Waals surface area contributed by atoms with Gasteiger partial charge in [0.25, 0.3) is 0 Å². The van der Waals surface area contributed by atoms with Gasteiger partial charge >= 0.3 is 6.03 Å². The lowest BCUT2D eigenvalue weighted by Gasteiger charge is -2.29. The van der Waals surface area contributed by atoms with E-state index in [-0.39, 0.29) is 6.03 Å². The van der Waals surface area contributed by atoms with E-state index in [0.717, 1.165) is 18.0 Å². The van der Waals surface area contributed by atoms with Crippen LogP contribution in [0.25, 0.3) is 0 Å². The molecule has 0 aromatic heterocycles. The van der Waals surface area contributed by atoms with Crippen LogP contribution in [0.4, 0.5) is 10.5 Å². The molecule has 5 nitrogen and oxygen atoms in total. The Morgan fingerprint density at radius 2 is 2.05 bits per heavy atom. The molecule has 1 aliphatic rings. The van der Waals surface area contributed by atoms with Gasteiger partial charge in [-0.2, -0.15) is 0 Å². The van der Waals surface area contributed by atoms with Gasteiger partial charge in [0, 0.05) is 25.8 Å². The maximum absolute atomic E-state index is 12.0. The Labute approximate surface area is 126 Å². The highest BCUT2D eigenvalue weighted by Gasteiger charge is 2.11. The molecule has 1 aromatic rings. The number of likely N-dealkylation sites (N-methyl/N-ethyl adjacent to an activating group) is 1. The number of carbonyl (C=O) groups excluding carboxylic acids is 1. The summed E-state index contributed by atoms with van der Waals surface area (Å²) < 4.78 is 5.08. The fourth-order valence-corrected chi connectivity index (χ4v) is 2.00. The van der Waals surface area contributed by atoms with Crippen molar-refractivity contribution < 1.29 is 9.53 Å². The van der Waals surface area contributed by atoms with Gasteiger partial charge in [-0.05, 0) is 43.8 Å². The smallest absolute Gasteiger partial charge is 0.321 e. The highest BCUT2D eigenvalue weighted by Crippen LogP contribution is 2.15. The Kier molecular flexibility index (Phi) is 5.63. The lowest BCUT2D eigenvalue weighted by atomic mass is 10.2. The molecule has 0 spiro atoms. The van der Waals surface area contributed by atoms with Crippen molar-refractivity contribution in [2.75, 3.05) is 45.7 Å². The second kappa shape index (κ2) is 7.69. The summed E-state index contributed by atoms with van der Waals surface area (Å²) >= 11 is 0. The maximum Gasteiger partial charge on any atom is 0.321 e. The molecule has 114 valence electrons. The lowest BCUT2D eigenvalue weighted by molar-refractivity contribution is 0.203. The number of hydrogen-bond acceptors (Lipinski definition) is 3. The van der Waals surface area contributed by atoms with Crippen molar-refractivity contribution in [3.05, 3.63) is 36.4 Å². The van der Waals surface area contributed by atoms with Gasteiger partial charge in [-0.15, -0.1) is 0 Å². The van der Waals surface area contributed by atoms with Gasteiger partial charge in [0.15, 0.2) is 0 Å². The summed E-state index contributed by atoms with van der Waals surface area (Å²) in [4.78, 5) is 16.0. The zero-order valence-corrected chi connectivity index (χ0v) is 12.7. The van der Waals surface area contributed by atoms with E-state index in [2.05, 4.69) is 16.3 Å². The third kappa shape index (κ3) is 4.79. The normalized spacial score (nSPS) is 14.8. The average Bonchev–Trinajstić information content (AvgIpc) is 2.45. The molecule has 5 heteroatoms. The van der Waals surface area contributed by atoms with Crippen molar-refractivity contribution in [3.8, 4) is 5.75 Å². The molecule has 0 atom stereocenters. The van der Waals surface area contributed by atoms with Crippen LogP contribution in [0.15, 0.2) is 36.4 Å². The van der Waals surface area contributed by atoms with E-state index < -0.39 is 0 Å². The Morgan fingerprint density at radius 1 is 1.33 bits per heavy atom. The molecular weight excluding hydrogens is 266 g/mol. The molecular formula is C16H23N3O2. The van der Waals surface area contributed by atoms with Gasteiger partial charge in [-0.1, -0.05) is 12.2 Å². The summed E-state index contributed by atoms with van der Waals surface area (Å²) in [5, 5.41) is 2.85. The number of rotatable bonds is 6. The van der Waals surface area contributed by atoms with E-state index in [1.807, 2.05) is 30.3 Å². The molecule has 1 fully saturated rings. The minimum Gasteiger partial charge on any atom is -0.497 e. The van der Waals surface area contributed by atoms with E-state index >= 15 is 0 Å². The minimum absolute atomic E-state index is 0.117. The monoisotopic (exact) mass is 289 g/mol. The zero-order chi connectivity index (χ0) is 15.1. The highest BCUT2D eigenvalue weighted by atomic mass is 16.5. The van der Waals surface area contributed by atoms with Crippen molar-refractivity contribution in [3.63, 3.8) is 0 Å². The number of nitrogens with zero attached hydrogens (tertiary/aromatic N) is 2. The number of methoxy groups -OCH3 is 1. The van der Waals surface area contributed by atoms with Gasteiger partial charge in [0.05, 0.1) is 7.11 Å². The van der Waals surface area contributed by atoms with Crippen LogP contribution in [0.2, 0.25) is 0 Å². The fourth-order valence-electron chi connectivity index (χ4n) is 2.00. The Hall–Kier alpha value is -2.01. The van der Waals surface area contributed by atoms with E-state index in [4.69, 9.17) is 4.74 Å². The summed E-state index contributed by atoms with van der Waals surface area (Å²) in [6.07, 6.45) is 5.46. The van der Waals surface area contributed by atoms with E-state index in [1.165, 1.54) is 19.5 Å². The predicted octanol–water partition coefficient (Wildman–Crippen LogP) is 2.42. The first-order chi connectivity index (χ1) is 10.2. The van der Waals surface area contributed by atoms with Crippen LogP contribution in [0, 0.1) is 0 Å². The number of hydrogen-bond donors (Lipinski definition) is 1. The quantitative estimate of drug-likeness (QED) is 0.818. The molecule has 0 aliphatic carbocycles. The molecule has 0 unspecified atom stereocenters. The predicted molar refractivity (Wildman–Crippen MR) is 84.8 cm³/mol. The first-order valence-electron chi connectivity index (χ1n) is 7.22. The van der Waals surface area contributed by atoms with Crippen LogP contribution in [0.5, 0.6) is 5.75 Å². The van der Waals surface area contributed by atoms with E-state index in [0.29, 0.717) is 6.54 Å². The molecule has 1 heterocycles. The second-order valence-corrected chi connectivity index (χ2v) is 5.16. The summed E-state index contributed by atoms with van der Waals surface area (Å²) in [5.41, 5.74) is 0.761. The molecule has 0 bridgehead atoms. The number of benzene rings is 1. The third-order valence-electron chi connectivity index (χ3n) is 3.55.